The molecule has 0 atom stereocenters. The summed E-state index contributed by atoms with van der Waals surface area (Å²) >= 11 is 0. The summed E-state index contributed by atoms with van der Waals surface area (Å²) in [5, 5.41) is 13.2. The number of hydrogen-bond acceptors (Lipinski definition) is 4. The first-order valence-electron chi connectivity index (χ1n) is 7.02. The fourth-order valence-corrected chi connectivity index (χ4v) is 4.24. The van der Waals surface area contributed by atoms with Gasteiger partial charge in [0.05, 0.1) is 22.7 Å². The van der Waals surface area contributed by atoms with Crippen LogP contribution in [0.4, 0.5) is 0 Å². The fraction of sp³-hybridized carbons (Fsp3) is 0.333. The van der Waals surface area contributed by atoms with E-state index in [4.69, 9.17) is 5.26 Å². The van der Waals surface area contributed by atoms with Crippen LogP contribution in [0.15, 0.2) is 35.4 Å². The van der Waals surface area contributed by atoms with Gasteiger partial charge in [0, 0.05) is 31.4 Å². The number of sulfonamides is 1. The van der Waals surface area contributed by atoms with Crippen molar-refractivity contribution in [1.29, 1.82) is 5.26 Å². The van der Waals surface area contributed by atoms with Gasteiger partial charge in [0.15, 0.2) is 0 Å². The third kappa shape index (κ3) is 2.51. The lowest BCUT2D eigenvalue weighted by molar-refractivity contribution is 0.409. The molecule has 0 fully saturated rings. The molecule has 3 rings (SSSR count). The Morgan fingerprint density at radius 2 is 2.18 bits per heavy atom. The fourth-order valence-electron chi connectivity index (χ4n) is 2.74. The summed E-state index contributed by atoms with van der Waals surface area (Å²) < 4.78 is 28.9. The highest BCUT2D eigenvalue weighted by atomic mass is 32.2. The summed E-state index contributed by atoms with van der Waals surface area (Å²) in [6.07, 6.45) is 3.30. The van der Waals surface area contributed by atoms with Gasteiger partial charge in [-0.1, -0.05) is 6.07 Å². The molecule has 1 aliphatic rings. The molecule has 0 saturated carbocycles. The summed E-state index contributed by atoms with van der Waals surface area (Å²) in [6.45, 7) is 0.788. The van der Waals surface area contributed by atoms with Crippen LogP contribution in [0.1, 0.15) is 23.2 Å². The summed E-state index contributed by atoms with van der Waals surface area (Å²) in [7, 11) is -1.73. The van der Waals surface area contributed by atoms with E-state index in [0.717, 1.165) is 24.1 Å². The summed E-state index contributed by atoms with van der Waals surface area (Å²) in [6, 6.07) is 8.13. The molecule has 0 spiro atoms. The van der Waals surface area contributed by atoms with Crippen molar-refractivity contribution in [1.82, 2.24) is 14.1 Å². The highest BCUT2D eigenvalue weighted by molar-refractivity contribution is 7.89. The van der Waals surface area contributed by atoms with E-state index in [0.29, 0.717) is 18.7 Å². The zero-order valence-corrected chi connectivity index (χ0v) is 13.0. The van der Waals surface area contributed by atoms with Gasteiger partial charge in [0.1, 0.15) is 0 Å². The van der Waals surface area contributed by atoms with Gasteiger partial charge in [-0.15, -0.1) is 0 Å². The van der Waals surface area contributed by atoms with Crippen LogP contribution in [-0.4, -0.2) is 29.0 Å². The van der Waals surface area contributed by atoms with Gasteiger partial charge in [0.25, 0.3) is 0 Å². The second-order valence-corrected chi connectivity index (χ2v) is 7.26. The van der Waals surface area contributed by atoms with Crippen LogP contribution in [0.5, 0.6) is 0 Å². The van der Waals surface area contributed by atoms with E-state index < -0.39 is 10.0 Å². The van der Waals surface area contributed by atoms with E-state index in [9.17, 15) is 8.42 Å². The van der Waals surface area contributed by atoms with Crippen molar-refractivity contribution < 1.29 is 8.42 Å². The van der Waals surface area contributed by atoms with E-state index in [1.807, 2.05) is 17.8 Å². The van der Waals surface area contributed by atoms with Crippen LogP contribution in [0.2, 0.25) is 0 Å². The molecule has 114 valence electrons. The SMILES string of the molecule is Cn1ncc2c1CCCN(S(=O)(=O)c1cccc(C#N)c1)C2. The van der Waals surface area contributed by atoms with Gasteiger partial charge in [-0.3, -0.25) is 4.68 Å². The van der Waals surface area contributed by atoms with E-state index in [1.54, 1.807) is 18.3 Å². The van der Waals surface area contributed by atoms with E-state index in [1.165, 1.54) is 16.4 Å². The first kappa shape index (κ1) is 14.8. The van der Waals surface area contributed by atoms with Crippen LogP contribution in [0.25, 0.3) is 0 Å². The summed E-state index contributed by atoms with van der Waals surface area (Å²) in [5.74, 6) is 0. The Balaban J connectivity index is 1.97. The molecular formula is C15H16N4O2S. The number of nitrogens with zero attached hydrogens (tertiary/aromatic N) is 4. The average Bonchev–Trinajstić information content (AvgIpc) is 2.75. The van der Waals surface area contributed by atoms with E-state index in [-0.39, 0.29) is 4.90 Å². The number of rotatable bonds is 2. The van der Waals surface area contributed by atoms with Crippen molar-refractivity contribution in [2.45, 2.75) is 24.3 Å². The third-order valence-electron chi connectivity index (χ3n) is 3.92. The number of hydrogen-bond donors (Lipinski definition) is 0. The molecule has 2 aromatic rings. The number of benzene rings is 1. The Hall–Kier alpha value is -2.17. The quantitative estimate of drug-likeness (QED) is 0.839. The van der Waals surface area contributed by atoms with Crippen molar-refractivity contribution >= 4 is 10.0 Å². The van der Waals surface area contributed by atoms with Crippen molar-refractivity contribution in [3.05, 3.63) is 47.3 Å². The van der Waals surface area contributed by atoms with Gasteiger partial charge in [0.2, 0.25) is 10.0 Å². The second-order valence-electron chi connectivity index (χ2n) is 5.32. The maximum Gasteiger partial charge on any atom is 0.243 e. The van der Waals surface area contributed by atoms with Crippen molar-refractivity contribution in [3.63, 3.8) is 0 Å². The molecule has 0 N–H and O–H groups in total. The Morgan fingerprint density at radius 3 is 2.95 bits per heavy atom. The van der Waals surface area contributed by atoms with Crippen LogP contribution in [-0.2, 0) is 30.0 Å². The van der Waals surface area contributed by atoms with Gasteiger partial charge < -0.3 is 0 Å². The van der Waals surface area contributed by atoms with E-state index >= 15 is 0 Å². The lowest BCUT2D eigenvalue weighted by Crippen LogP contribution is -2.30. The second kappa shape index (κ2) is 5.55. The van der Waals surface area contributed by atoms with Crippen LogP contribution in [0, 0.1) is 11.3 Å². The molecule has 0 radical (unpaired) electrons. The van der Waals surface area contributed by atoms with Gasteiger partial charge in [-0.25, -0.2) is 8.42 Å². The largest absolute Gasteiger partial charge is 0.272 e. The molecule has 2 heterocycles. The molecule has 22 heavy (non-hydrogen) atoms. The normalized spacial score (nSPS) is 15.8. The number of nitriles is 1. The molecule has 0 amide bonds. The number of fused-ring (bicyclic) bond motifs is 1. The molecular weight excluding hydrogens is 300 g/mol. The highest BCUT2D eigenvalue weighted by Crippen LogP contribution is 2.24. The van der Waals surface area contributed by atoms with Crippen molar-refractivity contribution in [2.24, 2.45) is 7.05 Å². The lowest BCUT2D eigenvalue weighted by atomic mass is 10.2. The molecule has 1 aromatic carbocycles. The van der Waals surface area contributed by atoms with Gasteiger partial charge in [-0.2, -0.15) is 14.7 Å². The minimum Gasteiger partial charge on any atom is -0.272 e. The molecule has 0 unspecified atom stereocenters. The van der Waals surface area contributed by atoms with Crippen LogP contribution in [0.3, 0.4) is 0 Å². The zero-order chi connectivity index (χ0) is 15.7. The first-order valence-corrected chi connectivity index (χ1v) is 8.46. The molecule has 7 heteroatoms. The van der Waals surface area contributed by atoms with Crippen molar-refractivity contribution in [2.75, 3.05) is 6.54 Å². The first-order chi connectivity index (χ1) is 10.5. The van der Waals surface area contributed by atoms with Crippen LogP contribution < -0.4 is 0 Å². The molecule has 0 aliphatic carbocycles. The predicted molar refractivity (Wildman–Crippen MR) is 80.3 cm³/mol. The van der Waals surface area contributed by atoms with Crippen molar-refractivity contribution in [3.8, 4) is 6.07 Å². The Kier molecular flexibility index (Phi) is 3.72. The van der Waals surface area contributed by atoms with Crippen LogP contribution >= 0.6 is 0 Å². The minimum absolute atomic E-state index is 0.166. The zero-order valence-electron chi connectivity index (χ0n) is 12.2. The Labute approximate surface area is 129 Å². The monoisotopic (exact) mass is 316 g/mol. The minimum atomic E-state index is -3.61. The Bertz CT molecular complexity index is 849. The molecule has 0 saturated heterocycles. The maximum absolute atomic E-state index is 12.8. The van der Waals surface area contributed by atoms with Gasteiger partial charge in [-0.05, 0) is 31.0 Å². The highest BCUT2D eigenvalue weighted by Gasteiger charge is 2.28. The smallest absolute Gasteiger partial charge is 0.243 e. The standard InChI is InChI=1S/C15H16N4O2S/c1-18-15-6-3-7-19(11-13(15)10-17-18)22(20,21)14-5-2-4-12(8-14)9-16/h2,4-5,8,10H,3,6-7,11H2,1H3. The average molecular weight is 316 g/mol. The maximum atomic E-state index is 12.8. The topological polar surface area (TPSA) is 79.0 Å². The molecule has 1 aromatic heterocycles. The van der Waals surface area contributed by atoms with E-state index in [2.05, 4.69) is 5.10 Å². The lowest BCUT2D eigenvalue weighted by Gasteiger charge is -2.20. The number of aryl methyl sites for hydroxylation is 1. The molecule has 1 aliphatic heterocycles. The third-order valence-corrected chi connectivity index (χ3v) is 5.76. The Morgan fingerprint density at radius 1 is 1.36 bits per heavy atom. The summed E-state index contributed by atoms with van der Waals surface area (Å²) in [5.41, 5.74) is 2.38. The molecule has 0 bridgehead atoms. The number of aromatic nitrogens is 2. The van der Waals surface area contributed by atoms with Gasteiger partial charge >= 0.3 is 0 Å². The predicted octanol–water partition coefficient (Wildman–Crippen LogP) is 1.43. The summed E-state index contributed by atoms with van der Waals surface area (Å²) in [4.78, 5) is 0.166. The molecule has 6 nitrogen and oxygen atoms in total.